The largest absolute Gasteiger partial charge is 0.495 e. The summed E-state index contributed by atoms with van der Waals surface area (Å²) in [4.78, 5) is 24.5. The molecule has 0 N–H and O–H groups in total. The number of imidazole rings is 1. The Kier molecular flexibility index (Phi) is 7.46. The number of likely N-dealkylation sites (tertiary alicyclic amines) is 1. The van der Waals surface area contributed by atoms with Crippen molar-refractivity contribution in [3.63, 3.8) is 0 Å². The van der Waals surface area contributed by atoms with Crippen molar-refractivity contribution in [1.82, 2.24) is 19.4 Å². The molecule has 2 saturated heterocycles. The van der Waals surface area contributed by atoms with E-state index >= 15 is 0 Å². The van der Waals surface area contributed by atoms with Gasteiger partial charge in [0.2, 0.25) is 5.91 Å². The molecule has 0 spiro atoms. The van der Waals surface area contributed by atoms with E-state index in [-0.39, 0.29) is 11.9 Å². The second-order valence-corrected chi connectivity index (χ2v) is 8.55. The molecule has 2 aliphatic heterocycles. The van der Waals surface area contributed by atoms with E-state index in [1.54, 1.807) is 19.6 Å². The second-order valence-electron chi connectivity index (χ2n) is 8.55. The number of rotatable bonds is 7. The molecule has 1 aromatic carbocycles. The van der Waals surface area contributed by atoms with Crippen molar-refractivity contribution in [3.8, 4) is 5.75 Å². The third kappa shape index (κ3) is 5.39. The number of methoxy groups -OCH3 is 1. The predicted molar refractivity (Wildman–Crippen MR) is 123 cm³/mol. The van der Waals surface area contributed by atoms with Gasteiger partial charge in [0.25, 0.3) is 0 Å². The molecular formula is C24H35N5O2. The molecule has 0 saturated carbocycles. The average Bonchev–Trinajstić information content (AvgIpc) is 3.21. The second kappa shape index (κ2) is 10.7. The van der Waals surface area contributed by atoms with Crippen LogP contribution in [0.5, 0.6) is 5.75 Å². The zero-order valence-electron chi connectivity index (χ0n) is 18.7. The number of carbonyl (C=O) groups is 1. The summed E-state index contributed by atoms with van der Waals surface area (Å²) in [5.41, 5.74) is 1.16. The molecule has 0 aliphatic carbocycles. The van der Waals surface area contributed by atoms with Crippen molar-refractivity contribution < 1.29 is 9.53 Å². The number of carbonyl (C=O) groups excluding carboxylic acids is 1. The lowest BCUT2D eigenvalue weighted by Gasteiger charge is -2.37. The molecule has 1 atom stereocenters. The number of aromatic nitrogens is 2. The SMILES string of the molecule is COc1ccccc1N1CCN(CCC(C(=O)N2CCCCCC2)n2ccnc2)CC1. The van der Waals surface area contributed by atoms with Crippen LogP contribution in [0.25, 0.3) is 0 Å². The smallest absolute Gasteiger partial charge is 0.245 e. The van der Waals surface area contributed by atoms with Crippen LogP contribution in [0.3, 0.4) is 0 Å². The van der Waals surface area contributed by atoms with Crippen LogP contribution in [-0.2, 0) is 4.79 Å². The lowest BCUT2D eigenvalue weighted by atomic mass is 10.1. The maximum atomic E-state index is 13.4. The van der Waals surface area contributed by atoms with Crippen LogP contribution in [0, 0.1) is 0 Å². The molecule has 7 heteroatoms. The summed E-state index contributed by atoms with van der Waals surface area (Å²) in [6.07, 6.45) is 11.0. The molecule has 0 radical (unpaired) electrons. The summed E-state index contributed by atoms with van der Waals surface area (Å²) in [6.45, 7) is 6.62. The summed E-state index contributed by atoms with van der Waals surface area (Å²) in [6, 6.07) is 8.06. The molecule has 2 aromatic rings. The highest BCUT2D eigenvalue weighted by atomic mass is 16.5. The Morgan fingerprint density at radius 2 is 1.77 bits per heavy atom. The number of para-hydroxylation sites is 2. The van der Waals surface area contributed by atoms with E-state index in [0.29, 0.717) is 0 Å². The Morgan fingerprint density at radius 1 is 1.03 bits per heavy atom. The van der Waals surface area contributed by atoms with Crippen molar-refractivity contribution in [1.29, 1.82) is 0 Å². The Hall–Kier alpha value is -2.54. The van der Waals surface area contributed by atoms with Gasteiger partial charge in [-0.15, -0.1) is 0 Å². The van der Waals surface area contributed by atoms with Gasteiger partial charge >= 0.3 is 0 Å². The minimum Gasteiger partial charge on any atom is -0.495 e. The topological polar surface area (TPSA) is 53.8 Å². The fraction of sp³-hybridized carbons (Fsp3) is 0.583. The highest BCUT2D eigenvalue weighted by Crippen LogP contribution is 2.28. The Labute approximate surface area is 185 Å². The summed E-state index contributed by atoms with van der Waals surface area (Å²) in [5, 5.41) is 0. The molecule has 31 heavy (non-hydrogen) atoms. The van der Waals surface area contributed by atoms with E-state index in [2.05, 4.69) is 31.8 Å². The van der Waals surface area contributed by atoms with Gasteiger partial charge in [0.1, 0.15) is 11.8 Å². The molecule has 7 nitrogen and oxygen atoms in total. The number of nitrogens with zero attached hydrogens (tertiary/aromatic N) is 5. The molecule has 1 aromatic heterocycles. The minimum absolute atomic E-state index is 0.159. The first kappa shape index (κ1) is 21.7. The summed E-state index contributed by atoms with van der Waals surface area (Å²) >= 11 is 0. The van der Waals surface area contributed by atoms with Crippen molar-refractivity contribution in [2.75, 3.05) is 57.8 Å². The lowest BCUT2D eigenvalue weighted by Crippen LogP contribution is -2.47. The highest BCUT2D eigenvalue weighted by Gasteiger charge is 2.27. The molecule has 168 valence electrons. The van der Waals surface area contributed by atoms with Crippen LogP contribution in [0.15, 0.2) is 43.0 Å². The van der Waals surface area contributed by atoms with E-state index in [9.17, 15) is 4.79 Å². The van der Waals surface area contributed by atoms with E-state index < -0.39 is 0 Å². The van der Waals surface area contributed by atoms with Gasteiger partial charge in [-0.05, 0) is 31.4 Å². The molecule has 3 heterocycles. The first-order valence-corrected chi connectivity index (χ1v) is 11.6. The standard InChI is InChI=1S/C24H35N5O2/c1-31-23-9-5-4-8-21(23)27-18-16-26(17-19-27)14-10-22(29-15-11-25-20-29)24(30)28-12-6-2-3-7-13-28/h4-5,8-9,11,15,20,22H,2-3,6-7,10,12-14,16-19H2,1H3. The zero-order chi connectivity index (χ0) is 21.5. The lowest BCUT2D eigenvalue weighted by molar-refractivity contribution is -0.135. The first-order chi connectivity index (χ1) is 15.3. The highest BCUT2D eigenvalue weighted by molar-refractivity contribution is 5.80. The monoisotopic (exact) mass is 425 g/mol. The van der Waals surface area contributed by atoms with Crippen LogP contribution >= 0.6 is 0 Å². The normalized spacial score (nSPS) is 19.1. The fourth-order valence-corrected chi connectivity index (χ4v) is 4.76. The first-order valence-electron chi connectivity index (χ1n) is 11.6. The van der Waals surface area contributed by atoms with Crippen molar-refractivity contribution in [2.45, 2.75) is 38.1 Å². The number of ether oxygens (including phenoxy) is 1. The summed E-state index contributed by atoms with van der Waals surface area (Å²) < 4.78 is 7.53. The van der Waals surface area contributed by atoms with Crippen molar-refractivity contribution >= 4 is 11.6 Å². The third-order valence-corrected chi connectivity index (χ3v) is 6.60. The van der Waals surface area contributed by atoms with Gasteiger partial charge in [0.15, 0.2) is 0 Å². The Balaban J connectivity index is 1.34. The quantitative estimate of drug-likeness (QED) is 0.683. The van der Waals surface area contributed by atoms with E-state index in [1.165, 1.54) is 12.8 Å². The molecule has 2 aliphatic rings. The molecule has 1 unspecified atom stereocenters. The number of anilines is 1. The molecule has 1 amide bonds. The fourth-order valence-electron chi connectivity index (χ4n) is 4.76. The Bertz CT molecular complexity index is 809. The number of hydrogen-bond acceptors (Lipinski definition) is 5. The number of piperazine rings is 1. The van der Waals surface area contributed by atoms with Crippen LogP contribution < -0.4 is 9.64 Å². The van der Waals surface area contributed by atoms with Crippen molar-refractivity contribution in [2.24, 2.45) is 0 Å². The predicted octanol–water partition coefficient (Wildman–Crippen LogP) is 3.05. The van der Waals surface area contributed by atoms with Crippen LogP contribution in [-0.4, -0.2) is 78.2 Å². The van der Waals surface area contributed by atoms with Crippen LogP contribution in [0.1, 0.15) is 38.1 Å². The van der Waals surface area contributed by atoms with E-state index in [0.717, 1.165) is 76.5 Å². The van der Waals surface area contributed by atoms with Crippen LogP contribution in [0.4, 0.5) is 5.69 Å². The molecule has 2 fully saturated rings. The van der Waals surface area contributed by atoms with Crippen molar-refractivity contribution in [3.05, 3.63) is 43.0 Å². The van der Waals surface area contributed by atoms with E-state index in [4.69, 9.17) is 4.74 Å². The van der Waals surface area contributed by atoms with E-state index in [1.807, 2.05) is 22.9 Å². The number of benzene rings is 1. The third-order valence-electron chi connectivity index (χ3n) is 6.60. The summed E-state index contributed by atoms with van der Waals surface area (Å²) in [7, 11) is 1.73. The van der Waals surface area contributed by atoms with Gasteiger partial charge in [0, 0.05) is 58.2 Å². The molecule has 0 bridgehead atoms. The number of hydrogen-bond donors (Lipinski definition) is 0. The van der Waals surface area contributed by atoms with Gasteiger partial charge < -0.3 is 19.1 Å². The van der Waals surface area contributed by atoms with Gasteiger partial charge in [-0.2, -0.15) is 0 Å². The maximum Gasteiger partial charge on any atom is 0.245 e. The van der Waals surface area contributed by atoms with Gasteiger partial charge in [0.05, 0.1) is 19.1 Å². The van der Waals surface area contributed by atoms with Crippen LogP contribution in [0.2, 0.25) is 0 Å². The van der Waals surface area contributed by atoms with Gasteiger partial charge in [-0.25, -0.2) is 4.98 Å². The summed E-state index contributed by atoms with van der Waals surface area (Å²) in [5.74, 6) is 1.19. The average molecular weight is 426 g/mol. The molecule has 4 rings (SSSR count). The van der Waals surface area contributed by atoms with Gasteiger partial charge in [-0.3, -0.25) is 9.69 Å². The number of amides is 1. The zero-order valence-corrected chi connectivity index (χ0v) is 18.7. The molecular weight excluding hydrogens is 390 g/mol. The van der Waals surface area contributed by atoms with Gasteiger partial charge in [-0.1, -0.05) is 25.0 Å². The Morgan fingerprint density at radius 3 is 2.45 bits per heavy atom. The maximum absolute atomic E-state index is 13.4. The minimum atomic E-state index is -0.159.